The average Bonchev–Trinajstić information content (AvgIpc) is 2.95. The minimum atomic E-state index is -0.0277. The van der Waals surface area contributed by atoms with Crippen LogP contribution in [-0.4, -0.2) is 22.5 Å². The van der Waals surface area contributed by atoms with Crippen molar-refractivity contribution in [3.63, 3.8) is 0 Å². The van der Waals surface area contributed by atoms with Gasteiger partial charge in [0.25, 0.3) is 0 Å². The summed E-state index contributed by atoms with van der Waals surface area (Å²) in [5, 5.41) is 5.14. The van der Waals surface area contributed by atoms with Crippen molar-refractivity contribution in [2.24, 2.45) is 0 Å². The molecule has 20 heavy (non-hydrogen) atoms. The zero-order valence-corrected chi connectivity index (χ0v) is 12.2. The van der Waals surface area contributed by atoms with Gasteiger partial charge in [0.1, 0.15) is 0 Å². The van der Waals surface area contributed by atoms with E-state index < -0.39 is 0 Å². The van der Waals surface area contributed by atoms with E-state index in [2.05, 4.69) is 21.7 Å². The summed E-state index contributed by atoms with van der Waals surface area (Å²) in [5.41, 5.74) is 2.31. The van der Waals surface area contributed by atoms with Crippen LogP contribution in [0, 0.1) is 0 Å². The maximum Gasteiger partial charge on any atom is 0.318 e. The SMILES string of the molecule is C[C@@H](NC(=O)N1CCc2sccc2C1)c1cccnc1. The van der Waals surface area contributed by atoms with Crippen molar-refractivity contribution in [3.05, 3.63) is 52.0 Å². The molecule has 3 rings (SSSR count). The van der Waals surface area contributed by atoms with Gasteiger partial charge in [-0.2, -0.15) is 0 Å². The van der Waals surface area contributed by atoms with Crippen LogP contribution in [0.5, 0.6) is 0 Å². The highest BCUT2D eigenvalue weighted by Gasteiger charge is 2.22. The number of hydrogen-bond donors (Lipinski definition) is 1. The van der Waals surface area contributed by atoms with Gasteiger partial charge < -0.3 is 10.2 Å². The van der Waals surface area contributed by atoms with E-state index in [1.54, 1.807) is 23.7 Å². The first-order valence-electron chi connectivity index (χ1n) is 6.74. The van der Waals surface area contributed by atoms with Crippen LogP contribution in [0.3, 0.4) is 0 Å². The molecule has 0 saturated heterocycles. The minimum absolute atomic E-state index is 0.00166. The van der Waals surface area contributed by atoms with Gasteiger partial charge >= 0.3 is 6.03 Å². The Morgan fingerprint density at radius 2 is 2.40 bits per heavy atom. The summed E-state index contributed by atoms with van der Waals surface area (Å²) in [6, 6.07) is 5.95. The lowest BCUT2D eigenvalue weighted by molar-refractivity contribution is 0.189. The van der Waals surface area contributed by atoms with Gasteiger partial charge in [-0.3, -0.25) is 4.98 Å². The molecular formula is C15H17N3OS. The van der Waals surface area contributed by atoms with E-state index in [4.69, 9.17) is 0 Å². The highest BCUT2D eigenvalue weighted by atomic mass is 32.1. The molecule has 3 heterocycles. The number of rotatable bonds is 2. The van der Waals surface area contributed by atoms with Crippen molar-refractivity contribution in [1.82, 2.24) is 15.2 Å². The first kappa shape index (κ1) is 13.1. The summed E-state index contributed by atoms with van der Waals surface area (Å²) >= 11 is 1.78. The molecule has 1 aliphatic rings. The molecule has 0 spiro atoms. The van der Waals surface area contributed by atoms with E-state index in [-0.39, 0.29) is 12.1 Å². The summed E-state index contributed by atoms with van der Waals surface area (Å²) in [5.74, 6) is 0. The summed E-state index contributed by atoms with van der Waals surface area (Å²) < 4.78 is 0. The van der Waals surface area contributed by atoms with Crippen molar-refractivity contribution in [2.75, 3.05) is 6.54 Å². The Labute approximate surface area is 122 Å². The standard InChI is InChI=1S/C15H17N3OS/c1-11(12-3-2-6-16-9-12)17-15(19)18-7-4-14-13(10-18)5-8-20-14/h2-3,5-6,8-9,11H,4,7,10H2,1H3,(H,17,19)/t11-/m1/s1. The summed E-state index contributed by atoms with van der Waals surface area (Å²) in [4.78, 5) is 19.7. The summed E-state index contributed by atoms with van der Waals surface area (Å²) in [6.07, 6.45) is 4.49. The summed E-state index contributed by atoms with van der Waals surface area (Å²) in [6.45, 7) is 3.48. The maximum atomic E-state index is 12.3. The predicted molar refractivity (Wildman–Crippen MR) is 79.6 cm³/mol. The third kappa shape index (κ3) is 2.67. The topological polar surface area (TPSA) is 45.2 Å². The maximum absolute atomic E-state index is 12.3. The van der Waals surface area contributed by atoms with E-state index >= 15 is 0 Å². The fraction of sp³-hybridized carbons (Fsp3) is 0.333. The van der Waals surface area contributed by atoms with Crippen LogP contribution in [0.4, 0.5) is 4.79 Å². The third-order valence-corrected chi connectivity index (χ3v) is 4.64. The highest BCUT2D eigenvalue weighted by molar-refractivity contribution is 7.10. The van der Waals surface area contributed by atoms with E-state index in [1.165, 1.54) is 10.4 Å². The van der Waals surface area contributed by atoms with Crippen molar-refractivity contribution in [3.8, 4) is 0 Å². The van der Waals surface area contributed by atoms with Crippen LogP contribution in [0.25, 0.3) is 0 Å². The van der Waals surface area contributed by atoms with Gasteiger partial charge in [0.15, 0.2) is 0 Å². The molecule has 2 aromatic rings. The van der Waals surface area contributed by atoms with Crippen LogP contribution in [0.15, 0.2) is 36.0 Å². The van der Waals surface area contributed by atoms with Gasteiger partial charge in [-0.15, -0.1) is 11.3 Å². The quantitative estimate of drug-likeness (QED) is 0.923. The Hall–Kier alpha value is -1.88. The Balaban J connectivity index is 1.63. The Bertz CT molecular complexity index is 596. The molecule has 0 saturated carbocycles. The number of nitrogens with one attached hydrogen (secondary N) is 1. The highest BCUT2D eigenvalue weighted by Crippen LogP contribution is 2.24. The minimum Gasteiger partial charge on any atom is -0.331 e. The second-order valence-corrected chi connectivity index (χ2v) is 6.00. The molecule has 2 amide bonds. The first-order chi connectivity index (χ1) is 9.74. The molecule has 1 aliphatic heterocycles. The molecule has 0 aromatic carbocycles. The van der Waals surface area contributed by atoms with E-state index in [1.807, 2.05) is 24.0 Å². The second-order valence-electron chi connectivity index (χ2n) is 5.00. The Kier molecular flexibility index (Phi) is 3.69. The van der Waals surface area contributed by atoms with Gasteiger partial charge in [-0.25, -0.2) is 4.79 Å². The van der Waals surface area contributed by atoms with Crippen LogP contribution < -0.4 is 5.32 Å². The van der Waals surface area contributed by atoms with E-state index in [9.17, 15) is 4.79 Å². The van der Waals surface area contributed by atoms with Crippen LogP contribution in [0.1, 0.15) is 29.0 Å². The van der Waals surface area contributed by atoms with Gasteiger partial charge in [0, 0.05) is 30.4 Å². The lowest BCUT2D eigenvalue weighted by Crippen LogP contribution is -2.43. The second kappa shape index (κ2) is 5.63. The van der Waals surface area contributed by atoms with Crippen LogP contribution >= 0.6 is 11.3 Å². The molecule has 5 heteroatoms. The number of aromatic nitrogens is 1. The largest absolute Gasteiger partial charge is 0.331 e. The number of pyridine rings is 1. The monoisotopic (exact) mass is 287 g/mol. The summed E-state index contributed by atoms with van der Waals surface area (Å²) in [7, 11) is 0. The molecule has 0 radical (unpaired) electrons. The van der Waals surface area contributed by atoms with E-state index in [0.29, 0.717) is 6.54 Å². The average molecular weight is 287 g/mol. The van der Waals surface area contributed by atoms with Gasteiger partial charge in [-0.05, 0) is 42.0 Å². The number of amides is 2. The van der Waals surface area contributed by atoms with Gasteiger partial charge in [-0.1, -0.05) is 6.07 Å². The van der Waals surface area contributed by atoms with Gasteiger partial charge in [0.2, 0.25) is 0 Å². The van der Waals surface area contributed by atoms with Crippen LogP contribution in [-0.2, 0) is 13.0 Å². The van der Waals surface area contributed by atoms with Crippen LogP contribution in [0.2, 0.25) is 0 Å². The van der Waals surface area contributed by atoms with Crippen molar-refractivity contribution in [1.29, 1.82) is 0 Å². The zero-order chi connectivity index (χ0) is 13.9. The van der Waals surface area contributed by atoms with E-state index in [0.717, 1.165) is 18.5 Å². The molecule has 0 fully saturated rings. The number of nitrogens with zero attached hydrogens (tertiary/aromatic N) is 2. The molecule has 1 N–H and O–H groups in total. The van der Waals surface area contributed by atoms with Crippen molar-refractivity contribution in [2.45, 2.75) is 25.9 Å². The predicted octanol–water partition coefficient (Wildman–Crippen LogP) is 2.97. The molecule has 0 bridgehead atoms. The third-order valence-electron chi connectivity index (χ3n) is 3.62. The smallest absolute Gasteiger partial charge is 0.318 e. The Morgan fingerprint density at radius 3 is 3.20 bits per heavy atom. The molecule has 0 aliphatic carbocycles. The zero-order valence-electron chi connectivity index (χ0n) is 11.4. The van der Waals surface area contributed by atoms with Crippen molar-refractivity contribution >= 4 is 17.4 Å². The molecule has 4 nitrogen and oxygen atoms in total. The fourth-order valence-corrected chi connectivity index (χ4v) is 3.30. The lowest BCUT2D eigenvalue weighted by Gasteiger charge is -2.28. The molecule has 1 atom stereocenters. The van der Waals surface area contributed by atoms with Crippen molar-refractivity contribution < 1.29 is 4.79 Å². The fourth-order valence-electron chi connectivity index (χ4n) is 2.41. The number of carbonyl (C=O) groups is 1. The number of thiophene rings is 1. The number of hydrogen-bond acceptors (Lipinski definition) is 3. The molecular weight excluding hydrogens is 270 g/mol. The number of fused-ring (bicyclic) bond motifs is 1. The first-order valence-corrected chi connectivity index (χ1v) is 7.62. The number of urea groups is 1. The lowest BCUT2D eigenvalue weighted by atomic mass is 10.1. The molecule has 104 valence electrons. The molecule has 0 unspecified atom stereocenters. The molecule has 2 aromatic heterocycles. The number of carbonyl (C=O) groups excluding carboxylic acids is 1. The Morgan fingerprint density at radius 1 is 1.50 bits per heavy atom. The normalized spacial score (nSPS) is 15.6. The van der Waals surface area contributed by atoms with Gasteiger partial charge in [0.05, 0.1) is 6.04 Å².